The summed E-state index contributed by atoms with van der Waals surface area (Å²) in [7, 11) is 1.43. The zero-order valence-corrected chi connectivity index (χ0v) is 7.69. The number of ether oxygens (including phenoxy) is 1. The van der Waals surface area contributed by atoms with E-state index >= 15 is 0 Å². The number of rotatable bonds is 2. The third-order valence-corrected chi connectivity index (χ3v) is 2.55. The van der Waals surface area contributed by atoms with Gasteiger partial charge in [0.2, 0.25) is 0 Å². The molecule has 76 valence electrons. The van der Waals surface area contributed by atoms with Gasteiger partial charge in [-0.15, -0.1) is 0 Å². The maximum absolute atomic E-state index is 10.8. The number of amides is 1. The van der Waals surface area contributed by atoms with E-state index in [2.05, 4.69) is 0 Å². The van der Waals surface area contributed by atoms with Crippen LogP contribution in [0.15, 0.2) is 0 Å². The summed E-state index contributed by atoms with van der Waals surface area (Å²) in [6.07, 6.45) is 1.25. The zero-order chi connectivity index (χ0) is 9.90. The van der Waals surface area contributed by atoms with Crippen molar-refractivity contribution in [2.45, 2.75) is 25.0 Å². The monoisotopic (exact) mass is 189 g/mol. The van der Waals surface area contributed by atoms with E-state index in [1.165, 1.54) is 12.0 Å². The molecule has 5 heteroatoms. The van der Waals surface area contributed by atoms with Gasteiger partial charge >= 0.3 is 6.09 Å². The van der Waals surface area contributed by atoms with Crippen molar-refractivity contribution < 1.29 is 19.7 Å². The molecular formula is C8H15NO4. The Morgan fingerprint density at radius 1 is 1.62 bits per heavy atom. The van der Waals surface area contributed by atoms with Gasteiger partial charge in [0.05, 0.1) is 6.61 Å². The van der Waals surface area contributed by atoms with E-state index < -0.39 is 11.8 Å². The van der Waals surface area contributed by atoms with Crippen LogP contribution in [0.5, 0.6) is 0 Å². The molecule has 1 rings (SSSR count). The van der Waals surface area contributed by atoms with Crippen LogP contribution in [0.3, 0.4) is 0 Å². The smallest absolute Gasteiger partial charge is 0.409 e. The van der Waals surface area contributed by atoms with Crippen molar-refractivity contribution in [3.8, 4) is 0 Å². The zero-order valence-electron chi connectivity index (χ0n) is 7.69. The van der Waals surface area contributed by atoms with Crippen LogP contribution in [0.1, 0.15) is 19.3 Å². The Kier molecular flexibility index (Phi) is 3.11. The van der Waals surface area contributed by atoms with Gasteiger partial charge in [-0.1, -0.05) is 0 Å². The highest BCUT2D eigenvalue weighted by atomic mass is 16.5. The van der Waals surface area contributed by atoms with Gasteiger partial charge in [0, 0.05) is 13.7 Å². The van der Waals surface area contributed by atoms with Crippen molar-refractivity contribution in [3.05, 3.63) is 0 Å². The van der Waals surface area contributed by atoms with Gasteiger partial charge in [-0.3, -0.25) is 4.90 Å². The second-order valence-corrected chi connectivity index (χ2v) is 3.20. The molecule has 0 spiro atoms. The number of likely N-dealkylation sites (tertiary alicyclic amines) is 1. The van der Waals surface area contributed by atoms with Crippen molar-refractivity contribution >= 4 is 6.09 Å². The molecule has 0 aromatic carbocycles. The van der Waals surface area contributed by atoms with Crippen LogP contribution in [0, 0.1) is 0 Å². The fourth-order valence-corrected chi connectivity index (χ4v) is 1.72. The summed E-state index contributed by atoms with van der Waals surface area (Å²) in [5.74, 6) is 0. The number of methoxy groups -OCH3 is 1. The molecule has 0 radical (unpaired) electrons. The summed E-state index contributed by atoms with van der Waals surface area (Å²) in [6.45, 7) is 0.152. The quantitative estimate of drug-likeness (QED) is 0.663. The first kappa shape index (κ1) is 10.3. The van der Waals surface area contributed by atoms with Crippen LogP contribution < -0.4 is 0 Å². The van der Waals surface area contributed by atoms with E-state index in [4.69, 9.17) is 14.9 Å². The van der Waals surface area contributed by atoms with E-state index in [1.54, 1.807) is 0 Å². The lowest BCUT2D eigenvalue weighted by atomic mass is 9.99. The fourth-order valence-electron chi connectivity index (χ4n) is 1.72. The second kappa shape index (κ2) is 3.93. The number of aliphatic hydroxyl groups is 1. The molecule has 1 fully saturated rings. The normalized spacial score (nSPS) is 28.9. The predicted octanol–water partition coefficient (Wildman–Crippen LogP) is 0.485. The summed E-state index contributed by atoms with van der Waals surface area (Å²) in [6, 6.07) is 0. The molecule has 2 N–H and O–H groups in total. The number of nitrogens with zero attached hydrogens (tertiary/aromatic N) is 1. The highest BCUT2D eigenvalue weighted by molar-refractivity contribution is 5.66. The first-order chi connectivity index (χ1) is 6.16. The Morgan fingerprint density at radius 2 is 2.31 bits per heavy atom. The average molecular weight is 189 g/mol. The lowest BCUT2D eigenvalue weighted by Crippen LogP contribution is -2.57. The fraction of sp³-hybridized carbons (Fsp3) is 0.875. The minimum Gasteiger partial charge on any atom is -0.465 e. The lowest BCUT2D eigenvalue weighted by Gasteiger charge is -2.42. The molecule has 5 nitrogen and oxygen atoms in total. The van der Waals surface area contributed by atoms with Crippen molar-refractivity contribution in [3.63, 3.8) is 0 Å². The Bertz CT molecular complexity index is 191. The van der Waals surface area contributed by atoms with Gasteiger partial charge in [-0.25, -0.2) is 4.79 Å². The maximum Gasteiger partial charge on any atom is 0.409 e. The average Bonchev–Trinajstić information content (AvgIpc) is 2.17. The molecule has 1 unspecified atom stereocenters. The first-order valence-electron chi connectivity index (χ1n) is 4.33. The number of hydrogen-bond donors (Lipinski definition) is 2. The van der Waals surface area contributed by atoms with Crippen LogP contribution in [0.25, 0.3) is 0 Å². The van der Waals surface area contributed by atoms with E-state index in [0.717, 1.165) is 12.8 Å². The molecule has 1 atom stereocenters. The van der Waals surface area contributed by atoms with Gasteiger partial charge in [0.25, 0.3) is 0 Å². The van der Waals surface area contributed by atoms with Crippen LogP contribution in [-0.4, -0.2) is 47.2 Å². The molecule has 0 aromatic heterocycles. The van der Waals surface area contributed by atoms with Gasteiger partial charge in [0.15, 0.2) is 5.72 Å². The van der Waals surface area contributed by atoms with E-state index in [9.17, 15) is 4.79 Å². The Hall–Kier alpha value is -0.810. The largest absolute Gasteiger partial charge is 0.465 e. The summed E-state index contributed by atoms with van der Waals surface area (Å²) in [5, 5.41) is 18.0. The summed E-state index contributed by atoms with van der Waals surface area (Å²) in [5.41, 5.74) is -1.01. The molecule has 1 saturated heterocycles. The molecule has 1 aliphatic rings. The standard InChI is InChI=1S/C8H15NO4/c1-13-8(6-10)4-2-3-5-9(8)7(11)12/h10H,2-6H2,1H3,(H,11,12). The Morgan fingerprint density at radius 3 is 2.69 bits per heavy atom. The number of aliphatic hydroxyl groups excluding tert-OH is 1. The molecule has 1 amide bonds. The molecule has 13 heavy (non-hydrogen) atoms. The lowest BCUT2D eigenvalue weighted by molar-refractivity contribution is -0.164. The Balaban J connectivity index is 2.81. The highest BCUT2D eigenvalue weighted by Gasteiger charge is 2.41. The second-order valence-electron chi connectivity index (χ2n) is 3.20. The highest BCUT2D eigenvalue weighted by Crippen LogP contribution is 2.28. The number of piperidine rings is 1. The SMILES string of the molecule is COC1(CO)CCCCN1C(=O)O. The van der Waals surface area contributed by atoms with E-state index in [0.29, 0.717) is 13.0 Å². The predicted molar refractivity (Wildman–Crippen MR) is 45.4 cm³/mol. The topological polar surface area (TPSA) is 70.0 Å². The van der Waals surface area contributed by atoms with E-state index in [1.807, 2.05) is 0 Å². The van der Waals surface area contributed by atoms with Gasteiger partial charge in [-0.05, 0) is 19.3 Å². The summed E-state index contributed by atoms with van der Waals surface area (Å²) >= 11 is 0. The molecular weight excluding hydrogens is 174 g/mol. The van der Waals surface area contributed by atoms with Gasteiger partial charge in [-0.2, -0.15) is 0 Å². The van der Waals surface area contributed by atoms with Crippen LogP contribution in [0.2, 0.25) is 0 Å². The van der Waals surface area contributed by atoms with Crippen LogP contribution >= 0.6 is 0 Å². The maximum atomic E-state index is 10.8. The van der Waals surface area contributed by atoms with Gasteiger partial charge < -0.3 is 14.9 Å². The minimum atomic E-state index is -1.03. The van der Waals surface area contributed by atoms with Crippen LogP contribution in [-0.2, 0) is 4.74 Å². The molecule has 0 saturated carbocycles. The van der Waals surface area contributed by atoms with Crippen LogP contribution in [0.4, 0.5) is 4.79 Å². The van der Waals surface area contributed by atoms with Crippen molar-refractivity contribution in [2.75, 3.05) is 20.3 Å². The van der Waals surface area contributed by atoms with Crippen molar-refractivity contribution in [2.24, 2.45) is 0 Å². The molecule has 0 aliphatic carbocycles. The number of hydrogen-bond acceptors (Lipinski definition) is 3. The number of carboxylic acid groups (broad SMARTS) is 1. The molecule has 1 heterocycles. The van der Waals surface area contributed by atoms with E-state index in [-0.39, 0.29) is 6.61 Å². The van der Waals surface area contributed by atoms with Crippen molar-refractivity contribution in [1.82, 2.24) is 4.90 Å². The van der Waals surface area contributed by atoms with Gasteiger partial charge in [0.1, 0.15) is 0 Å². The minimum absolute atomic E-state index is 0.282. The molecule has 1 aliphatic heterocycles. The Labute approximate surface area is 76.9 Å². The summed E-state index contributed by atoms with van der Waals surface area (Å²) in [4.78, 5) is 12.0. The molecule has 0 bridgehead atoms. The summed E-state index contributed by atoms with van der Waals surface area (Å²) < 4.78 is 5.10. The first-order valence-corrected chi connectivity index (χ1v) is 4.33. The third kappa shape index (κ3) is 1.76. The molecule has 0 aromatic rings. The van der Waals surface area contributed by atoms with Crippen molar-refractivity contribution in [1.29, 1.82) is 0 Å². The third-order valence-electron chi connectivity index (χ3n) is 2.55. The number of carbonyl (C=O) groups is 1.